The van der Waals surface area contributed by atoms with Gasteiger partial charge in [-0.25, -0.2) is 18.4 Å². The van der Waals surface area contributed by atoms with Crippen LogP contribution in [0.1, 0.15) is 5.56 Å². The summed E-state index contributed by atoms with van der Waals surface area (Å²) in [5, 5.41) is 1.69. The van der Waals surface area contributed by atoms with Gasteiger partial charge in [0.1, 0.15) is 0 Å². The number of sulfone groups is 1. The van der Waals surface area contributed by atoms with E-state index in [1.807, 2.05) is 12.3 Å². The van der Waals surface area contributed by atoms with E-state index in [1.165, 1.54) is 11.3 Å². The van der Waals surface area contributed by atoms with Crippen LogP contribution in [0.2, 0.25) is 0 Å². The molecule has 0 fully saturated rings. The Kier molecular flexibility index (Phi) is 3.35. The Morgan fingerprint density at radius 3 is 2.60 bits per heavy atom. The molecule has 3 aromatic rings. The van der Waals surface area contributed by atoms with Crippen molar-refractivity contribution in [1.29, 1.82) is 0 Å². The van der Waals surface area contributed by atoms with Crippen molar-refractivity contribution in [2.45, 2.75) is 17.0 Å². The van der Waals surface area contributed by atoms with Crippen molar-refractivity contribution in [2.24, 2.45) is 0 Å². The van der Waals surface area contributed by atoms with Crippen LogP contribution in [0.3, 0.4) is 0 Å². The van der Waals surface area contributed by atoms with Gasteiger partial charge in [-0.15, -0.1) is 11.3 Å². The quantitative estimate of drug-likeness (QED) is 0.648. The van der Waals surface area contributed by atoms with E-state index < -0.39 is 9.84 Å². The van der Waals surface area contributed by atoms with Gasteiger partial charge in [-0.1, -0.05) is 17.7 Å². The van der Waals surface area contributed by atoms with Gasteiger partial charge in [0, 0.05) is 11.6 Å². The molecule has 0 unspecified atom stereocenters. The van der Waals surface area contributed by atoms with Gasteiger partial charge >= 0.3 is 0 Å². The fourth-order valence-electron chi connectivity index (χ4n) is 1.74. The number of aromatic nitrogens is 2. The van der Waals surface area contributed by atoms with Crippen LogP contribution in [-0.2, 0) is 9.84 Å². The van der Waals surface area contributed by atoms with E-state index in [1.54, 1.807) is 30.5 Å². The van der Waals surface area contributed by atoms with E-state index in [0.29, 0.717) is 5.52 Å². The zero-order valence-electron chi connectivity index (χ0n) is 10.4. The molecule has 1 aromatic carbocycles. The lowest BCUT2D eigenvalue weighted by atomic mass is 10.2. The summed E-state index contributed by atoms with van der Waals surface area (Å²) in [6.45, 7) is 1.90. The minimum atomic E-state index is -3.68. The van der Waals surface area contributed by atoms with Crippen molar-refractivity contribution in [3.05, 3.63) is 45.9 Å². The van der Waals surface area contributed by atoms with Crippen LogP contribution >= 0.6 is 27.3 Å². The van der Waals surface area contributed by atoms with Gasteiger partial charge in [-0.2, -0.15) is 0 Å². The van der Waals surface area contributed by atoms with Gasteiger partial charge in [0.25, 0.3) is 5.16 Å². The fraction of sp³-hybridized carbons (Fsp3) is 0.0769. The highest BCUT2D eigenvalue weighted by Gasteiger charge is 2.22. The van der Waals surface area contributed by atoms with Gasteiger partial charge in [0.05, 0.1) is 19.6 Å². The molecule has 0 aliphatic rings. The second-order valence-electron chi connectivity index (χ2n) is 4.27. The summed E-state index contributed by atoms with van der Waals surface area (Å²) in [7, 11) is -3.68. The van der Waals surface area contributed by atoms with Crippen molar-refractivity contribution < 1.29 is 8.42 Å². The maximum Gasteiger partial charge on any atom is 0.252 e. The predicted octanol–water partition coefficient (Wildman–Crippen LogP) is 3.60. The SMILES string of the molecule is Cc1ccc(S(=O)(=O)c2ncc3scc(Br)c3n2)cc1. The normalized spacial score (nSPS) is 11.9. The van der Waals surface area contributed by atoms with Gasteiger partial charge in [0.2, 0.25) is 9.84 Å². The lowest BCUT2D eigenvalue weighted by molar-refractivity contribution is 0.588. The number of hydrogen-bond donors (Lipinski definition) is 0. The number of rotatable bonds is 2. The molecule has 0 aliphatic heterocycles. The Hall–Kier alpha value is -1.31. The zero-order valence-corrected chi connectivity index (χ0v) is 13.6. The Balaban J connectivity index is 2.17. The minimum Gasteiger partial charge on any atom is -0.225 e. The Labute approximate surface area is 128 Å². The third-order valence-electron chi connectivity index (χ3n) is 2.82. The zero-order chi connectivity index (χ0) is 14.3. The number of benzene rings is 1. The first-order chi connectivity index (χ1) is 9.48. The van der Waals surface area contributed by atoms with E-state index in [0.717, 1.165) is 14.7 Å². The highest BCUT2D eigenvalue weighted by Crippen LogP contribution is 2.29. The third kappa shape index (κ3) is 2.25. The highest BCUT2D eigenvalue weighted by atomic mass is 79.9. The lowest BCUT2D eigenvalue weighted by Gasteiger charge is -2.03. The topological polar surface area (TPSA) is 59.9 Å². The van der Waals surface area contributed by atoms with Gasteiger partial charge in [-0.3, -0.25) is 0 Å². The van der Waals surface area contributed by atoms with Crippen molar-refractivity contribution >= 4 is 47.3 Å². The van der Waals surface area contributed by atoms with Crippen molar-refractivity contribution in [3.8, 4) is 0 Å². The molecule has 0 bridgehead atoms. The molecule has 102 valence electrons. The molecular weight excluding hydrogens is 360 g/mol. The predicted molar refractivity (Wildman–Crippen MR) is 81.7 cm³/mol. The number of halogens is 1. The number of hydrogen-bond acceptors (Lipinski definition) is 5. The molecular formula is C13H9BrN2O2S2. The van der Waals surface area contributed by atoms with E-state index in [4.69, 9.17) is 0 Å². The second-order valence-corrected chi connectivity index (χ2v) is 7.87. The minimum absolute atomic E-state index is 0.173. The molecule has 7 heteroatoms. The molecule has 3 rings (SSSR count). The summed E-state index contributed by atoms with van der Waals surface area (Å²) in [5.41, 5.74) is 1.62. The van der Waals surface area contributed by atoms with E-state index in [-0.39, 0.29) is 10.1 Å². The number of fused-ring (bicyclic) bond motifs is 1. The largest absolute Gasteiger partial charge is 0.252 e. The van der Waals surface area contributed by atoms with E-state index in [9.17, 15) is 8.42 Å². The van der Waals surface area contributed by atoms with E-state index in [2.05, 4.69) is 25.9 Å². The molecule has 0 saturated carbocycles. The summed E-state index contributed by atoms with van der Waals surface area (Å²) in [5.74, 6) is 0. The molecule has 0 spiro atoms. The second kappa shape index (κ2) is 4.91. The number of aryl methyl sites for hydroxylation is 1. The molecule has 0 saturated heterocycles. The standard InChI is InChI=1S/C13H9BrN2O2S2/c1-8-2-4-9(5-3-8)20(17,18)13-15-6-11-12(16-13)10(14)7-19-11/h2-7H,1H3. The average molecular weight is 369 g/mol. The van der Waals surface area contributed by atoms with Crippen molar-refractivity contribution in [3.63, 3.8) is 0 Å². The van der Waals surface area contributed by atoms with Crippen molar-refractivity contribution in [2.75, 3.05) is 0 Å². The molecule has 0 N–H and O–H groups in total. The highest BCUT2D eigenvalue weighted by molar-refractivity contribution is 9.10. The maximum absolute atomic E-state index is 12.5. The fourth-order valence-corrected chi connectivity index (χ4v) is 4.28. The van der Waals surface area contributed by atoms with E-state index >= 15 is 0 Å². The monoisotopic (exact) mass is 368 g/mol. The Morgan fingerprint density at radius 2 is 1.90 bits per heavy atom. The molecule has 2 aromatic heterocycles. The van der Waals surface area contributed by atoms with Gasteiger partial charge < -0.3 is 0 Å². The lowest BCUT2D eigenvalue weighted by Crippen LogP contribution is -2.06. The average Bonchev–Trinajstić information content (AvgIpc) is 2.80. The van der Waals surface area contributed by atoms with Crippen LogP contribution in [-0.4, -0.2) is 18.4 Å². The first kappa shape index (κ1) is 13.7. The molecule has 0 amide bonds. The molecule has 0 atom stereocenters. The van der Waals surface area contributed by atoms with Gasteiger partial charge in [-0.05, 0) is 35.0 Å². The molecule has 4 nitrogen and oxygen atoms in total. The summed E-state index contributed by atoms with van der Waals surface area (Å²) >= 11 is 4.82. The van der Waals surface area contributed by atoms with Crippen LogP contribution < -0.4 is 0 Å². The molecule has 0 aliphatic carbocycles. The summed E-state index contributed by atoms with van der Waals surface area (Å²) < 4.78 is 26.6. The summed E-state index contributed by atoms with van der Waals surface area (Å²) in [4.78, 5) is 8.35. The number of nitrogens with zero attached hydrogens (tertiary/aromatic N) is 2. The number of thiophene rings is 1. The van der Waals surface area contributed by atoms with Crippen LogP contribution in [0.25, 0.3) is 10.2 Å². The Bertz CT molecular complexity index is 886. The van der Waals surface area contributed by atoms with Gasteiger partial charge in [0.15, 0.2) is 0 Å². The molecule has 20 heavy (non-hydrogen) atoms. The first-order valence-electron chi connectivity index (χ1n) is 5.70. The van der Waals surface area contributed by atoms with Crippen LogP contribution in [0.4, 0.5) is 0 Å². The molecule has 0 radical (unpaired) electrons. The van der Waals surface area contributed by atoms with Crippen LogP contribution in [0, 0.1) is 6.92 Å². The first-order valence-corrected chi connectivity index (χ1v) is 8.85. The third-order valence-corrected chi connectivity index (χ3v) is 6.20. The smallest absolute Gasteiger partial charge is 0.225 e. The van der Waals surface area contributed by atoms with Crippen LogP contribution in [0.5, 0.6) is 0 Å². The van der Waals surface area contributed by atoms with Crippen LogP contribution in [0.15, 0.2) is 50.4 Å². The Morgan fingerprint density at radius 1 is 1.20 bits per heavy atom. The summed E-state index contributed by atoms with van der Waals surface area (Å²) in [6, 6.07) is 6.65. The van der Waals surface area contributed by atoms with Crippen molar-refractivity contribution in [1.82, 2.24) is 9.97 Å². The maximum atomic E-state index is 12.5. The molecule has 2 heterocycles. The summed E-state index contributed by atoms with van der Waals surface area (Å²) in [6.07, 6.45) is 1.54.